The van der Waals surface area contributed by atoms with Gasteiger partial charge >= 0.3 is 0 Å². The van der Waals surface area contributed by atoms with E-state index in [9.17, 15) is 0 Å². The van der Waals surface area contributed by atoms with Crippen LogP contribution in [0, 0.1) is 0 Å². The molecule has 0 atom stereocenters. The maximum Gasteiger partial charge on any atom is 0.250 e. The first-order chi connectivity index (χ1) is 13.1. The molecule has 0 aliphatic heterocycles. The van der Waals surface area contributed by atoms with Crippen LogP contribution < -0.4 is 4.89 Å². The third kappa shape index (κ3) is 7.62. The van der Waals surface area contributed by atoms with E-state index in [1.165, 1.54) is 18.2 Å². The highest BCUT2D eigenvalue weighted by Gasteiger charge is 2.33. The van der Waals surface area contributed by atoms with Crippen molar-refractivity contribution in [2.75, 3.05) is 0 Å². The quantitative estimate of drug-likeness (QED) is 0.229. The number of alkyl halides is 6. The molecule has 0 radical (unpaired) electrons. The summed E-state index contributed by atoms with van der Waals surface area (Å²) in [5.41, 5.74) is 0.703. The molecule has 0 fully saturated rings. The molecule has 152 valence electrons. The monoisotopic (exact) mass is 511 g/mol. The van der Waals surface area contributed by atoms with Crippen molar-refractivity contribution in [3.63, 3.8) is 0 Å². The summed E-state index contributed by atoms with van der Waals surface area (Å²) in [5.74, 6) is -0.0707. The van der Waals surface area contributed by atoms with E-state index in [0.29, 0.717) is 5.56 Å². The Kier molecular flexibility index (Phi) is 8.74. The molecular formula is C13H7Cl6N3O6. The van der Waals surface area contributed by atoms with E-state index in [0.717, 1.165) is 0 Å². The van der Waals surface area contributed by atoms with Crippen LogP contribution in [0.2, 0.25) is 0 Å². The molecule has 0 saturated heterocycles. The van der Waals surface area contributed by atoms with Crippen molar-refractivity contribution in [1.82, 2.24) is 15.0 Å². The molecule has 9 nitrogen and oxygen atoms in total. The summed E-state index contributed by atoms with van der Waals surface area (Å²) < 4.78 is -3.88. The fraction of sp³-hybridized carbons (Fsp3) is 0.154. The highest BCUT2D eigenvalue weighted by atomic mass is 35.6. The van der Waals surface area contributed by atoms with Crippen molar-refractivity contribution in [2.45, 2.75) is 7.59 Å². The average Bonchev–Trinajstić information content (AvgIpc) is 2.63. The lowest BCUT2D eigenvalue weighted by Crippen LogP contribution is -2.16. The lowest BCUT2D eigenvalue weighted by molar-refractivity contribution is -0.741. The molecule has 28 heavy (non-hydrogen) atoms. The molecule has 1 heterocycles. The van der Waals surface area contributed by atoms with Crippen molar-refractivity contribution in [1.29, 1.82) is 0 Å². The Labute approximate surface area is 187 Å². The SMILES string of the molecule is OOOOOOc1ccc(C=Cc2nc(C(Cl)(Cl)Cl)nc(C(Cl)(Cl)Cl)n2)cc1. The van der Waals surface area contributed by atoms with Gasteiger partial charge in [0, 0.05) is 10.1 Å². The first kappa shape index (κ1) is 23.6. The summed E-state index contributed by atoms with van der Waals surface area (Å²) in [6.07, 6.45) is 3.12. The van der Waals surface area contributed by atoms with Crippen molar-refractivity contribution >= 4 is 81.8 Å². The van der Waals surface area contributed by atoms with Gasteiger partial charge < -0.3 is 4.89 Å². The topological polar surface area (TPSA) is 105 Å². The van der Waals surface area contributed by atoms with Gasteiger partial charge in [-0.25, -0.2) is 20.2 Å². The van der Waals surface area contributed by atoms with E-state index in [1.54, 1.807) is 18.2 Å². The Morgan fingerprint density at radius 3 is 1.82 bits per heavy atom. The van der Waals surface area contributed by atoms with Gasteiger partial charge in [-0.05, 0) is 33.8 Å². The molecular weight excluding hydrogens is 507 g/mol. The van der Waals surface area contributed by atoms with E-state index in [4.69, 9.17) is 74.9 Å². The van der Waals surface area contributed by atoms with Crippen LogP contribution in [0.15, 0.2) is 24.3 Å². The minimum Gasteiger partial charge on any atom is -0.306 e. The lowest BCUT2D eigenvalue weighted by Gasteiger charge is -2.14. The minimum absolute atomic E-state index is 0.0934. The van der Waals surface area contributed by atoms with Crippen molar-refractivity contribution < 1.29 is 30.3 Å². The van der Waals surface area contributed by atoms with Gasteiger partial charge in [0.05, 0.1) is 0 Å². The number of rotatable bonds is 7. The average molecular weight is 514 g/mol. The molecule has 0 spiro atoms. The summed E-state index contributed by atoms with van der Waals surface area (Å²) in [6.45, 7) is 0. The summed E-state index contributed by atoms with van der Waals surface area (Å²) in [6, 6.07) is 6.34. The molecule has 0 aliphatic rings. The molecule has 1 aromatic heterocycles. The minimum atomic E-state index is -1.94. The van der Waals surface area contributed by atoms with Crippen LogP contribution in [0.25, 0.3) is 12.2 Å². The highest BCUT2D eigenvalue weighted by Crippen LogP contribution is 2.39. The Bertz CT molecular complexity index is 780. The van der Waals surface area contributed by atoms with Gasteiger partial charge in [0.1, 0.15) is 0 Å². The van der Waals surface area contributed by atoms with Crippen molar-refractivity contribution in [3.8, 4) is 5.75 Å². The molecule has 0 bridgehead atoms. The maximum atomic E-state index is 7.83. The van der Waals surface area contributed by atoms with E-state index < -0.39 is 7.59 Å². The van der Waals surface area contributed by atoms with Gasteiger partial charge in [0.25, 0.3) is 0 Å². The van der Waals surface area contributed by atoms with Gasteiger partial charge in [-0.2, -0.15) is 0 Å². The van der Waals surface area contributed by atoms with Crippen LogP contribution in [0.3, 0.4) is 0 Å². The number of benzene rings is 1. The Balaban J connectivity index is 2.16. The standard InChI is InChI=1S/C13H7Cl6N3O6/c14-12(15,16)10-20-9(21-11(22-10)13(17,18)19)6-3-7-1-4-8(5-2-7)24-26-28-27-25-23/h1-6,23H. The highest BCUT2D eigenvalue weighted by molar-refractivity contribution is 6.67. The zero-order chi connectivity index (χ0) is 20.8. The van der Waals surface area contributed by atoms with Crippen LogP contribution in [-0.4, -0.2) is 20.2 Å². The predicted octanol–water partition coefficient (Wildman–Crippen LogP) is 5.27. The molecule has 2 aromatic rings. The number of hydrogen-bond donors (Lipinski definition) is 1. The summed E-state index contributed by atoms with van der Waals surface area (Å²) in [4.78, 5) is 16.5. The van der Waals surface area contributed by atoms with E-state index in [2.05, 4.69) is 40.0 Å². The normalized spacial score (nSPS) is 12.5. The number of hydrogen-bond acceptors (Lipinski definition) is 9. The maximum absolute atomic E-state index is 7.83. The predicted molar refractivity (Wildman–Crippen MR) is 101 cm³/mol. The fourth-order valence-corrected chi connectivity index (χ4v) is 2.11. The first-order valence-electron chi connectivity index (χ1n) is 6.76. The van der Waals surface area contributed by atoms with Crippen molar-refractivity contribution in [3.05, 3.63) is 47.3 Å². The third-order valence-electron chi connectivity index (χ3n) is 2.68. The summed E-state index contributed by atoms with van der Waals surface area (Å²) in [7, 11) is 0. The zero-order valence-electron chi connectivity index (χ0n) is 13.1. The van der Waals surface area contributed by atoms with Gasteiger partial charge in [-0.1, -0.05) is 87.8 Å². The molecule has 0 aliphatic carbocycles. The number of aromatic nitrogens is 3. The van der Waals surface area contributed by atoms with Crippen LogP contribution in [0.4, 0.5) is 0 Å². The van der Waals surface area contributed by atoms with E-state index >= 15 is 0 Å². The van der Waals surface area contributed by atoms with Crippen LogP contribution in [0.1, 0.15) is 23.0 Å². The first-order valence-corrected chi connectivity index (χ1v) is 9.03. The number of nitrogens with zero attached hydrogens (tertiary/aromatic N) is 3. The Morgan fingerprint density at radius 1 is 0.750 bits per heavy atom. The van der Waals surface area contributed by atoms with Gasteiger partial charge in [0.15, 0.2) is 23.2 Å². The van der Waals surface area contributed by atoms with E-state index in [1.807, 2.05) is 0 Å². The zero-order valence-corrected chi connectivity index (χ0v) is 17.6. The largest absolute Gasteiger partial charge is 0.306 e. The van der Waals surface area contributed by atoms with Crippen molar-refractivity contribution in [2.24, 2.45) is 0 Å². The second kappa shape index (κ2) is 10.4. The second-order valence-electron chi connectivity index (χ2n) is 4.60. The third-order valence-corrected chi connectivity index (χ3v) is 3.70. The molecule has 1 aromatic carbocycles. The van der Waals surface area contributed by atoms with Gasteiger partial charge in [-0.3, -0.25) is 0 Å². The van der Waals surface area contributed by atoms with Gasteiger partial charge in [0.2, 0.25) is 7.59 Å². The summed E-state index contributed by atoms with van der Waals surface area (Å²) in [5, 5.41) is 22.4. The van der Waals surface area contributed by atoms with Crippen LogP contribution in [-0.2, 0) is 27.7 Å². The van der Waals surface area contributed by atoms with Crippen LogP contribution >= 0.6 is 69.6 Å². The molecule has 0 unspecified atom stereocenters. The molecule has 15 heteroatoms. The molecule has 2 rings (SSSR count). The molecule has 1 N–H and O–H groups in total. The number of halogens is 6. The lowest BCUT2D eigenvalue weighted by atomic mass is 10.2. The fourth-order valence-electron chi connectivity index (χ4n) is 1.60. The summed E-state index contributed by atoms with van der Waals surface area (Å²) >= 11 is 34.8. The Hall–Kier alpha value is -0.690. The Morgan fingerprint density at radius 2 is 1.32 bits per heavy atom. The van der Waals surface area contributed by atoms with Crippen LogP contribution in [0.5, 0.6) is 5.75 Å². The van der Waals surface area contributed by atoms with Gasteiger partial charge in [-0.15, -0.1) is 0 Å². The molecule has 0 amide bonds. The van der Waals surface area contributed by atoms with E-state index in [-0.39, 0.29) is 23.2 Å². The second-order valence-corrected chi connectivity index (χ2v) is 9.16. The molecule has 0 saturated carbocycles. The smallest absolute Gasteiger partial charge is 0.250 e.